The van der Waals surface area contributed by atoms with Gasteiger partial charge in [-0.1, -0.05) is 0 Å². The van der Waals surface area contributed by atoms with E-state index < -0.39 is 0 Å². The molecule has 0 aromatic rings. The summed E-state index contributed by atoms with van der Waals surface area (Å²) < 4.78 is 0. The topological polar surface area (TPSA) is 15.6 Å². The van der Waals surface area contributed by atoms with Crippen molar-refractivity contribution in [1.82, 2.24) is 4.90 Å². The van der Waals surface area contributed by atoms with E-state index in [4.69, 9.17) is 0 Å². The summed E-state index contributed by atoms with van der Waals surface area (Å²) in [4.78, 5) is 6.25. The van der Waals surface area contributed by atoms with Crippen LogP contribution in [-0.2, 0) is 0 Å². The predicted octanol–water partition coefficient (Wildman–Crippen LogP) is 0.739. The zero-order valence-corrected chi connectivity index (χ0v) is 5.46. The maximum atomic E-state index is 4.11. The predicted molar refractivity (Wildman–Crippen MR) is 35.2 cm³/mol. The lowest BCUT2D eigenvalue weighted by molar-refractivity contribution is 0.365. The molecule has 0 saturated heterocycles. The molecule has 0 aliphatic carbocycles. The molecule has 0 bridgehead atoms. The Balaban J connectivity index is 2.47. The molecule has 1 aliphatic heterocycles. The van der Waals surface area contributed by atoms with E-state index in [-0.39, 0.29) is 0 Å². The smallest absolute Gasteiger partial charge is 0.0849 e. The molecule has 1 rings (SSSR count). The third-order valence-electron chi connectivity index (χ3n) is 1.64. The molecule has 1 unspecified atom stereocenters. The van der Waals surface area contributed by atoms with E-state index >= 15 is 0 Å². The van der Waals surface area contributed by atoms with Crippen molar-refractivity contribution in [3.05, 3.63) is 0 Å². The van der Waals surface area contributed by atoms with Gasteiger partial charge in [0.25, 0.3) is 0 Å². The first kappa shape index (κ1) is 5.60. The highest BCUT2D eigenvalue weighted by molar-refractivity contribution is 5.55. The molecule has 0 amide bonds. The minimum atomic E-state index is 0.687. The zero-order chi connectivity index (χ0) is 5.98. The number of nitrogens with zero attached hydrogens (tertiary/aromatic N) is 2. The third-order valence-corrected chi connectivity index (χ3v) is 1.64. The van der Waals surface area contributed by atoms with Gasteiger partial charge in [-0.05, 0) is 13.3 Å². The van der Waals surface area contributed by atoms with Gasteiger partial charge in [-0.2, -0.15) is 0 Å². The van der Waals surface area contributed by atoms with E-state index in [1.54, 1.807) is 0 Å². The summed E-state index contributed by atoms with van der Waals surface area (Å²) in [6, 6.07) is 0.687. The SMILES string of the molecule is CC1CCN=CN1C. The average molecular weight is 112 g/mol. The highest BCUT2D eigenvalue weighted by Crippen LogP contribution is 2.02. The number of hydrogen-bond acceptors (Lipinski definition) is 2. The Morgan fingerprint density at radius 3 is 2.88 bits per heavy atom. The second-order valence-corrected chi connectivity index (χ2v) is 2.32. The third kappa shape index (κ3) is 0.997. The van der Waals surface area contributed by atoms with Gasteiger partial charge in [0.15, 0.2) is 0 Å². The number of rotatable bonds is 0. The monoisotopic (exact) mass is 112 g/mol. The quantitative estimate of drug-likeness (QED) is 0.451. The maximum absolute atomic E-state index is 4.11. The van der Waals surface area contributed by atoms with E-state index in [0.717, 1.165) is 6.54 Å². The van der Waals surface area contributed by atoms with E-state index in [1.807, 2.05) is 6.34 Å². The Hall–Kier alpha value is -0.530. The summed E-state index contributed by atoms with van der Waals surface area (Å²) in [5, 5.41) is 0. The molecule has 0 aromatic heterocycles. The summed E-state index contributed by atoms with van der Waals surface area (Å²) in [6.45, 7) is 3.22. The Kier molecular flexibility index (Phi) is 1.51. The lowest BCUT2D eigenvalue weighted by atomic mass is 10.2. The van der Waals surface area contributed by atoms with Gasteiger partial charge in [-0.25, -0.2) is 0 Å². The van der Waals surface area contributed by atoms with E-state index in [2.05, 4.69) is 23.9 Å². The van der Waals surface area contributed by atoms with Gasteiger partial charge in [0.2, 0.25) is 0 Å². The minimum absolute atomic E-state index is 0.687. The standard InChI is InChI=1S/C6H12N2/c1-6-3-4-7-5-8(6)2/h5-6H,3-4H2,1-2H3. The lowest BCUT2D eigenvalue weighted by Crippen LogP contribution is -2.31. The van der Waals surface area contributed by atoms with E-state index in [9.17, 15) is 0 Å². The molecule has 8 heavy (non-hydrogen) atoms. The molecular weight excluding hydrogens is 100 g/mol. The molecule has 0 radical (unpaired) electrons. The van der Waals surface area contributed by atoms with Crippen LogP contribution in [0, 0.1) is 0 Å². The zero-order valence-electron chi connectivity index (χ0n) is 5.46. The van der Waals surface area contributed by atoms with Crippen molar-refractivity contribution >= 4 is 6.34 Å². The van der Waals surface area contributed by atoms with Gasteiger partial charge in [0.1, 0.15) is 0 Å². The molecular formula is C6H12N2. The summed E-state index contributed by atoms with van der Waals surface area (Å²) in [7, 11) is 2.06. The first-order valence-corrected chi connectivity index (χ1v) is 3.02. The maximum Gasteiger partial charge on any atom is 0.0849 e. The Bertz CT molecular complexity index is 98.7. The van der Waals surface area contributed by atoms with Gasteiger partial charge >= 0.3 is 0 Å². The molecule has 1 heterocycles. The van der Waals surface area contributed by atoms with Crippen LogP contribution in [0.3, 0.4) is 0 Å². The summed E-state index contributed by atoms with van der Waals surface area (Å²) in [5.41, 5.74) is 0. The van der Waals surface area contributed by atoms with Crippen molar-refractivity contribution in [2.24, 2.45) is 4.99 Å². The highest BCUT2D eigenvalue weighted by Gasteiger charge is 2.07. The second-order valence-electron chi connectivity index (χ2n) is 2.32. The van der Waals surface area contributed by atoms with Crippen molar-refractivity contribution < 1.29 is 0 Å². The van der Waals surface area contributed by atoms with Crippen molar-refractivity contribution in [3.63, 3.8) is 0 Å². The molecule has 0 N–H and O–H groups in total. The van der Waals surface area contributed by atoms with Crippen LogP contribution in [0.25, 0.3) is 0 Å². The van der Waals surface area contributed by atoms with Crippen LogP contribution in [0.5, 0.6) is 0 Å². The first-order valence-electron chi connectivity index (χ1n) is 3.02. The van der Waals surface area contributed by atoms with E-state index in [0.29, 0.717) is 6.04 Å². The van der Waals surface area contributed by atoms with Crippen molar-refractivity contribution in [2.45, 2.75) is 19.4 Å². The molecule has 46 valence electrons. The van der Waals surface area contributed by atoms with Crippen LogP contribution in [0.4, 0.5) is 0 Å². The Morgan fingerprint density at radius 1 is 1.75 bits per heavy atom. The van der Waals surface area contributed by atoms with E-state index in [1.165, 1.54) is 6.42 Å². The van der Waals surface area contributed by atoms with Crippen molar-refractivity contribution in [2.75, 3.05) is 13.6 Å². The van der Waals surface area contributed by atoms with Crippen LogP contribution in [0.15, 0.2) is 4.99 Å². The van der Waals surface area contributed by atoms with Gasteiger partial charge in [-0.3, -0.25) is 4.99 Å². The number of hydrogen-bond donors (Lipinski definition) is 0. The van der Waals surface area contributed by atoms with Crippen molar-refractivity contribution in [1.29, 1.82) is 0 Å². The summed E-state index contributed by atoms with van der Waals surface area (Å²) in [6.07, 6.45) is 3.11. The molecule has 0 saturated carbocycles. The van der Waals surface area contributed by atoms with Gasteiger partial charge in [0, 0.05) is 19.6 Å². The van der Waals surface area contributed by atoms with Crippen molar-refractivity contribution in [3.8, 4) is 0 Å². The van der Waals surface area contributed by atoms with Gasteiger partial charge < -0.3 is 4.90 Å². The normalized spacial score (nSPS) is 28.8. The molecule has 1 atom stereocenters. The Labute approximate surface area is 50.2 Å². The molecule has 0 aromatic carbocycles. The molecule has 0 spiro atoms. The second kappa shape index (κ2) is 2.16. The van der Waals surface area contributed by atoms with Crippen LogP contribution in [0.1, 0.15) is 13.3 Å². The molecule has 0 fully saturated rings. The Morgan fingerprint density at radius 2 is 2.50 bits per heavy atom. The fraction of sp³-hybridized carbons (Fsp3) is 0.833. The van der Waals surface area contributed by atoms with Gasteiger partial charge in [-0.15, -0.1) is 0 Å². The minimum Gasteiger partial charge on any atom is -0.363 e. The average Bonchev–Trinajstić information content (AvgIpc) is 1.77. The molecule has 1 aliphatic rings. The lowest BCUT2D eigenvalue weighted by Gasteiger charge is -2.24. The number of aliphatic imine (C=N–C) groups is 1. The fourth-order valence-electron chi connectivity index (χ4n) is 0.765. The molecule has 2 nitrogen and oxygen atoms in total. The summed E-state index contributed by atoms with van der Waals surface area (Å²) in [5.74, 6) is 0. The van der Waals surface area contributed by atoms with Crippen LogP contribution >= 0.6 is 0 Å². The van der Waals surface area contributed by atoms with Gasteiger partial charge in [0.05, 0.1) is 6.34 Å². The van der Waals surface area contributed by atoms with Crippen LogP contribution in [0.2, 0.25) is 0 Å². The fourth-order valence-corrected chi connectivity index (χ4v) is 0.765. The molecule has 2 heteroatoms. The largest absolute Gasteiger partial charge is 0.363 e. The first-order chi connectivity index (χ1) is 3.80. The highest BCUT2D eigenvalue weighted by atomic mass is 15.2. The van der Waals surface area contributed by atoms with Crippen LogP contribution < -0.4 is 0 Å². The van der Waals surface area contributed by atoms with Crippen LogP contribution in [-0.4, -0.2) is 30.9 Å². The summed E-state index contributed by atoms with van der Waals surface area (Å²) >= 11 is 0.